The number of nitrogens with zero attached hydrogens (tertiary/aromatic N) is 2. The normalized spacial score (nSPS) is 21.9. The van der Waals surface area contributed by atoms with Crippen molar-refractivity contribution in [3.63, 3.8) is 0 Å². The number of para-hydroxylation sites is 1. The summed E-state index contributed by atoms with van der Waals surface area (Å²) in [6.45, 7) is 7.95. The van der Waals surface area contributed by atoms with Crippen molar-refractivity contribution in [3.8, 4) is 0 Å². The fourth-order valence-corrected chi connectivity index (χ4v) is 3.59. The van der Waals surface area contributed by atoms with Gasteiger partial charge >= 0.3 is 0 Å². The molecule has 25 heavy (non-hydrogen) atoms. The Morgan fingerprint density at radius 3 is 2.48 bits per heavy atom. The lowest BCUT2D eigenvalue weighted by atomic mass is 9.91. The topological polar surface area (TPSA) is 52.7 Å². The van der Waals surface area contributed by atoms with E-state index in [9.17, 15) is 9.59 Å². The van der Waals surface area contributed by atoms with Crippen LogP contribution in [-0.2, 0) is 9.59 Å². The fourth-order valence-electron chi connectivity index (χ4n) is 3.41. The third-order valence-electron chi connectivity index (χ3n) is 4.74. The highest BCUT2D eigenvalue weighted by Gasteiger charge is 2.30. The van der Waals surface area contributed by atoms with E-state index in [0.717, 1.165) is 19.5 Å². The number of halogens is 1. The van der Waals surface area contributed by atoms with Crippen LogP contribution in [0.5, 0.6) is 0 Å². The molecule has 0 spiro atoms. The van der Waals surface area contributed by atoms with E-state index in [2.05, 4.69) is 19.2 Å². The molecule has 5 nitrogen and oxygen atoms in total. The maximum atomic E-state index is 12.8. The lowest BCUT2D eigenvalue weighted by molar-refractivity contribution is -0.139. The van der Waals surface area contributed by atoms with Crippen LogP contribution in [0.3, 0.4) is 0 Å². The molecule has 1 fully saturated rings. The smallest absolute Gasteiger partial charge is 0.239 e. The average molecular weight is 366 g/mol. The highest BCUT2D eigenvalue weighted by molar-refractivity contribution is 6.33. The molecule has 1 N–H and O–H groups in total. The average Bonchev–Trinajstić information content (AvgIpc) is 2.54. The number of carbonyl (C=O) groups excluding carboxylic acids is 2. The van der Waals surface area contributed by atoms with Gasteiger partial charge < -0.3 is 10.2 Å². The lowest BCUT2D eigenvalue weighted by Crippen LogP contribution is -2.51. The van der Waals surface area contributed by atoms with Crippen LogP contribution in [-0.4, -0.2) is 54.3 Å². The maximum Gasteiger partial charge on any atom is 0.239 e. The molecular weight excluding hydrogens is 338 g/mol. The Labute approximate surface area is 155 Å². The van der Waals surface area contributed by atoms with Gasteiger partial charge in [0.25, 0.3) is 0 Å². The van der Waals surface area contributed by atoms with Crippen molar-refractivity contribution in [1.29, 1.82) is 0 Å². The molecule has 1 saturated heterocycles. The molecule has 0 bridgehead atoms. The van der Waals surface area contributed by atoms with E-state index in [-0.39, 0.29) is 24.4 Å². The Hall–Kier alpha value is -1.59. The largest absolute Gasteiger partial charge is 0.341 e. The zero-order valence-corrected chi connectivity index (χ0v) is 16.2. The first-order chi connectivity index (χ1) is 11.8. The Morgan fingerprint density at radius 2 is 1.88 bits per heavy atom. The van der Waals surface area contributed by atoms with Crippen LogP contribution in [0.25, 0.3) is 0 Å². The van der Waals surface area contributed by atoms with Gasteiger partial charge in [-0.3, -0.25) is 14.5 Å². The highest BCUT2D eigenvalue weighted by atomic mass is 35.5. The Balaban J connectivity index is 1.90. The van der Waals surface area contributed by atoms with Crippen molar-refractivity contribution in [1.82, 2.24) is 9.80 Å². The van der Waals surface area contributed by atoms with Crippen molar-refractivity contribution in [2.45, 2.75) is 33.2 Å². The number of piperidine rings is 1. The fraction of sp³-hybridized carbons (Fsp3) is 0.579. The van der Waals surface area contributed by atoms with E-state index in [1.54, 1.807) is 24.1 Å². The van der Waals surface area contributed by atoms with E-state index < -0.39 is 0 Å². The number of likely N-dealkylation sites (tertiary alicyclic amines) is 1. The number of hydrogen-bond acceptors (Lipinski definition) is 3. The molecule has 0 radical (unpaired) electrons. The van der Waals surface area contributed by atoms with Crippen molar-refractivity contribution in [2.75, 3.05) is 32.0 Å². The first kappa shape index (κ1) is 19.7. The minimum Gasteiger partial charge on any atom is -0.341 e. The van der Waals surface area contributed by atoms with E-state index >= 15 is 0 Å². The third kappa shape index (κ3) is 5.44. The molecule has 2 rings (SSSR count). The molecule has 2 amide bonds. The maximum absolute atomic E-state index is 12.8. The summed E-state index contributed by atoms with van der Waals surface area (Å²) in [6.07, 6.45) is 1.16. The zero-order chi connectivity index (χ0) is 18.6. The van der Waals surface area contributed by atoms with Crippen molar-refractivity contribution >= 4 is 29.1 Å². The van der Waals surface area contributed by atoms with Gasteiger partial charge in [-0.2, -0.15) is 0 Å². The number of anilines is 1. The minimum atomic E-state index is -0.338. The molecular formula is C19H28ClN3O2. The number of benzene rings is 1. The van der Waals surface area contributed by atoms with Crippen LogP contribution in [0.4, 0.5) is 5.69 Å². The molecule has 1 aliphatic rings. The van der Waals surface area contributed by atoms with Crippen LogP contribution in [0.15, 0.2) is 24.3 Å². The first-order valence-corrected chi connectivity index (χ1v) is 9.19. The molecule has 3 atom stereocenters. The van der Waals surface area contributed by atoms with Crippen LogP contribution < -0.4 is 5.32 Å². The summed E-state index contributed by atoms with van der Waals surface area (Å²) < 4.78 is 0. The number of hydrogen-bond donors (Lipinski definition) is 1. The molecule has 0 aliphatic carbocycles. The van der Waals surface area contributed by atoms with E-state index in [1.807, 2.05) is 24.0 Å². The third-order valence-corrected chi connectivity index (χ3v) is 5.07. The zero-order valence-electron chi connectivity index (χ0n) is 15.5. The predicted octanol–water partition coefficient (Wildman–Crippen LogP) is 3.10. The van der Waals surface area contributed by atoms with Gasteiger partial charge in [-0.05, 0) is 44.4 Å². The summed E-state index contributed by atoms with van der Waals surface area (Å²) in [6, 6.07) is 6.77. The van der Waals surface area contributed by atoms with E-state index in [0.29, 0.717) is 22.5 Å². The molecule has 0 unspecified atom stereocenters. The Bertz CT molecular complexity index is 612. The number of carbonyl (C=O) groups is 2. The summed E-state index contributed by atoms with van der Waals surface area (Å²) in [7, 11) is 1.80. The molecule has 0 aromatic heterocycles. The predicted molar refractivity (Wildman–Crippen MR) is 102 cm³/mol. The minimum absolute atomic E-state index is 0.0893. The monoisotopic (exact) mass is 365 g/mol. The second kappa shape index (κ2) is 8.68. The van der Waals surface area contributed by atoms with Crippen molar-refractivity contribution in [2.24, 2.45) is 11.8 Å². The van der Waals surface area contributed by atoms with Crippen LogP contribution in [0.1, 0.15) is 27.2 Å². The number of amides is 2. The first-order valence-electron chi connectivity index (χ1n) is 8.81. The summed E-state index contributed by atoms with van der Waals surface area (Å²) >= 11 is 6.06. The SMILES string of the molecule is C[C@@H]1C[C@H](C)CN(C(=O)[C@@H](C)N(C)CC(=O)Nc2ccccc2Cl)C1. The number of nitrogens with one attached hydrogen (secondary N) is 1. The second-order valence-corrected chi connectivity index (χ2v) is 7.72. The van der Waals surface area contributed by atoms with Gasteiger partial charge in [-0.15, -0.1) is 0 Å². The van der Waals surface area contributed by atoms with Crippen LogP contribution >= 0.6 is 11.6 Å². The van der Waals surface area contributed by atoms with Crippen LogP contribution in [0.2, 0.25) is 5.02 Å². The Morgan fingerprint density at radius 1 is 1.28 bits per heavy atom. The summed E-state index contributed by atoms with van der Waals surface area (Å²) in [5.41, 5.74) is 0.584. The highest BCUT2D eigenvalue weighted by Crippen LogP contribution is 2.22. The number of rotatable bonds is 5. The molecule has 1 aliphatic heterocycles. The molecule has 1 heterocycles. The second-order valence-electron chi connectivity index (χ2n) is 7.31. The standard InChI is InChI=1S/C19H28ClN3O2/c1-13-9-14(2)11-23(10-13)19(25)15(3)22(4)12-18(24)21-17-8-6-5-7-16(17)20/h5-8,13-15H,9-12H2,1-4H3,(H,21,24)/t13-,14+,15-/m1/s1. The summed E-state index contributed by atoms with van der Waals surface area (Å²) in [4.78, 5) is 28.7. The molecule has 1 aromatic rings. The van der Waals surface area contributed by atoms with Gasteiger partial charge in [0, 0.05) is 13.1 Å². The Kier molecular flexibility index (Phi) is 6.85. The van der Waals surface area contributed by atoms with Crippen molar-refractivity contribution in [3.05, 3.63) is 29.3 Å². The van der Waals surface area contributed by atoms with Gasteiger partial charge in [0.15, 0.2) is 0 Å². The van der Waals surface area contributed by atoms with Gasteiger partial charge in [0.2, 0.25) is 11.8 Å². The van der Waals surface area contributed by atoms with Gasteiger partial charge in [-0.1, -0.05) is 37.6 Å². The quantitative estimate of drug-likeness (QED) is 0.872. The van der Waals surface area contributed by atoms with E-state index in [4.69, 9.17) is 11.6 Å². The van der Waals surface area contributed by atoms with E-state index in [1.165, 1.54) is 0 Å². The van der Waals surface area contributed by atoms with Gasteiger partial charge in [0.05, 0.1) is 23.3 Å². The lowest BCUT2D eigenvalue weighted by Gasteiger charge is -2.38. The molecule has 1 aromatic carbocycles. The van der Waals surface area contributed by atoms with Crippen molar-refractivity contribution < 1.29 is 9.59 Å². The molecule has 6 heteroatoms. The van der Waals surface area contributed by atoms with Gasteiger partial charge in [-0.25, -0.2) is 0 Å². The summed E-state index contributed by atoms with van der Waals surface area (Å²) in [5.74, 6) is 0.949. The van der Waals surface area contributed by atoms with Crippen LogP contribution in [0, 0.1) is 11.8 Å². The molecule has 0 saturated carbocycles. The number of likely N-dealkylation sites (N-methyl/N-ethyl adjacent to an activating group) is 1. The molecule has 138 valence electrons. The summed E-state index contributed by atoms with van der Waals surface area (Å²) in [5, 5.41) is 3.29. The van der Waals surface area contributed by atoms with Gasteiger partial charge in [0.1, 0.15) is 0 Å².